The second kappa shape index (κ2) is 5.44. The SMILES string of the molecule is Cc1ccc([C@@H](C)NC2CCCC(C)(C)C2)cc1. The molecule has 1 N–H and O–H groups in total. The van der Waals surface area contributed by atoms with Gasteiger partial charge in [-0.1, -0.05) is 50.1 Å². The highest BCUT2D eigenvalue weighted by molar-refractivity contribution is 5.23. The third-order valence-electron chi connectivity index (χ3n) is 4.27. The van der Waals surface area contributed by atoms with Crippen LogP contribution in [0, 0.1) is 12.3 Å². The summed E-state index contributed by atoms with van der Waals surface area (Å²) in [5.74, 6) is 0. The molecule has 1 aromatic carbocycles. The van der Waals surface area contributed by atoms with Crippen LogP contribution in [-0.2, 0) is 0 Å². The molecule has 0 aliphatic heterocycles. The van der Waals surface area contributed by atoms with Crippen molar-refractivity contribution >= 4 is 0 Å². The second-order valence-corrected chi connectivity index (χ2v) is 6.76. The van der Waals surface area contributed by atoms with Gasteiger partial charge in [-0.15, -0.1) is 0 Å². The average molecular weight is 245 g/mol. The van der Waals surface area contributed by atoms with Gasteiger partial charge < -0.3 is 5.32 Å². The van der Waals surface area contributed by atoms with E-state index in [9.17, 15) is 0 Å². The lowest BCUT2D eigenvalue weighted by atomic mass is 9.75. The third-order valence-corrected chi connectivity index (χ3v) is 4.27. The van der Waals surface area contributed by atoms with Crippen molar-refractivity contribution < 1.29 is 0 Å². The van der Waals surface area contributed by atoms with E-state index in [2.05, 4.69) is 57.3 Å². The highest BCUT2D eigenvalue weighted by Gasteiger charge is 2.28. The van der Waals surface area contributed by atoms with Gasteiger partial charge in [-0.25, -0.2) is 0 Å². The van der Waals surface area contributed by atoms with E-state index in [1.807, 2.05) is 0 Å². The van der Waals surface area contributed by atoms with E-state index in [1.165, 1.54) is 36.8 Å². The Hall–Kier alpha value is -0.820. The average Bonchev–Trinajstić information content (AvgIpc) is 2.28. The largest absolute Gasteiger partial charge is 0.307 e. The molecule has 0 bridgehead atoms. The molecular weight excluding hydrogens is 218 g/mol. The first-order valence-electron chi connectivity index (χ1n) is 7.29. The van der Waals surface area contributed by atoms with Gasteiger partial charge in [0.05, 0.1) is 0 Å². The molecule has 1 heteroatoms. The fourth-order valence-corrected chi connectivity index (χ4v) is 3.15. The fourth-order valence-electron chi connectivity index (χ4n) is 3.15. The normalized spacial score (nSPS) is 24.8. The van der Waals surface area contributed by atoms with Gasteiger partial charge in [0.25, 0.3) is 0 Å². The predicted octanol–water partition coefficient (Wildman–Crippen LogP) is 4.61. The molecule has 0 spiro atoms. The van der Waals surface area contributed by atoms with Crippen molar-refractivity contribution in [2.45, 2.75) is 65.5 Å². The lowest BCUT2D eigenvalue weighted by molar-refractivity contribution is 0.191. The van der Waals surface area contributed by atoms with Crippen molar-refractivity contribution in [2.75, 3.05) is 0 Å². The molecule has 0 radical (unpaired) electrons. The molecule has 0 amide bonds. The predicted molar refractivity (Wildman–Crippen MR) is 78.8 cm³/mol. The minimum Gasteiger partial charge on any atom is -0.307 e. The van der Waals surface area contributed by atoms with Gasteiger partial charge in [-0.2, -0.15) is 0 Å². The summed E-state index contributed by atoms with van der Waals surface area (Å²) < 4.78 is 0. The van der Waals surface area contributed by atoms with Crippen molar-refractivity contribution in [2.24, 2.45) is 5.41 Å². The van der Waals surface area contributed by atoms with Crippen molar-refractivity contribution in [3.8, 4) is 0 Å². The van der Waals surface area contributed by atoms with Crippen LogP contribution in [0.5, 0.6) is 0 Å². The lowest BCUT2D eigenvalue weighted by Gasteiger charge is -2.37. The zero-order valence-corrected chi connectivity index (χ0v) is 12.3. The molecular formula is C17H27N. The van der Waals surface area contributed by atoms with Crippen LogP contribution in [0.2, 0.25) is 0 Å². The van der Waals surface area contributed by atoms with Gasteiger partial charge >= 0.3 is 0 Å². The van der Waals surface area contributed by atoms with Crippen molar-refractivity contribution in [1.82, 2.24) is 5.32 Å². The summed E-state index contributed by atoms with van der Waals surface area (Å²) in [6, 6.07) is 10.1. The quantitative estimate of drug-likeness (QED) is 0.819. The maximum absolute atomic E-state index is 3.81. The third kappa shape index (κ3) is 3.58. The number of hydrogen-bond acceptors (Lipinski definition) is 1. The number of rotatable bonds is 3. The summed E-state index contributed by atoms with van der Waals surface area (Å²) >= 11 is 0. The van der Waals surface area contributed by atoms with Crippen LogP contribution in [0.4, 0.5) is 0 Å². The zero-order chi connectivity index (χ0) is 13.2. The molecule has 1 aliphatic carbocycles. The Morgan fingerprint density at radius 2 is 1.89 bits per heavy atom. The number of nitrogens with one attached hydrogen (secondary N) is 1. The van der Waals surface area contributed by atoms with Gasteiger partial charge in [0.15, 0.2) is 0 Å². The van der Waals surface area contributed by atoms with E-state index >= 15 is 0 Å². The minimum absolute atomic E-state index is 0.462. The van der Waals surface area contributed by atoms with E-state index in [4.69, 9.17) is 0 Å². The Morgan fingerprint density at radius 3 is 2.50 bits per heavy atom. The molecule has 2 atom stereocenters. The van der Waals surface area contributed by atoms with E-state index < -0.39 is 0 Å². The molecule has 0 aromatic heterocycles. The molecule has 100 valence electrons. The maximum Gasteiger partial charge on any atom is 0.0294 e. The van der Waals surface area contributed by atoms with Gasteiger partial charge in [-0.05, 0) is 44.1 Å². The highest BCUT2D eigenvalue weighted by Crippen LogP contribution is 2.35. The molecule has 0 saturated heterocycles. The van der Waals surface area contributed by atoms with Gasteiger partial charge in [-0.3, -0.25) is 0 Å². The van der Waals surface area contributed by atoms with Crippen LogP contribution in [0.1, 0.15) is 63.6 Å². The number of hydrogen-bond donors (Lipinski definition) is 1. The Balaban J connectivity index is 1.94. The zero-order valence-electron chi connectivity index (χ0n) is 12.3. The van der Waals surface area contributed by atoms with Crippen LogP contribution < -0.4 is 5.32 Å². The molecule has 1 nitrogen and oxygen atoms in total. The first-order valence-corrected chi connectivity index (χ1v) is 7.29. The van der Waals surface area contributed by atoms with Gasteiger partial charge in [0.2, 0.25) is 0 Å². The summed E-state index contributed by atoms with van der Waals surface area (Å²) in [5.41, 5.74) is 3.26. The smallest absolute Gasteiger partial charge is 0.0294 e. The molecule has 2 rings (SSSR count). The topological polar surface area (TPSA) is 12.0 Å². The monoisotopic (exact) mass is 245 g/mol. The van der Waals surface area contributed by atoms with Gasteiger partial charge in [0.1, 0.15) is 0 Å². The van der Waals surface area contributed by atoms with Crippen LogP contribution in [-0.4, -0.2) is 6.04 Å². The van der Waals surface area contributed by atoms with Gasteiger partial charge in [0, 0.05) is 12.1 Å². The number of aryl methyl sites for hydroxylation is 1. The Morgan fingerprint density at radius 1 is 1.22 bits per heavy atom. The Bertz CT molecular complexity index is 377. The van der Waals surface area contributed by atoms with Crippen LogP contribution in [0.15, 0.2) is 24.3 Å². The second-order valence-electron chi connectivity index (χ2n) is 6.76. The van der Waals surface area contributed by atoms with Crippen LogP contribution in [0.3, 0.4) is 0 Å². The van der Waals surface area contributed by atoms with Crippen LogP contribution >= 0.6 is 0 Å². The van der Waals surface area contributed by atoms with E-state index in [1.54, 1.807) is 0 Å². The summed E-state index contributed by atoms with van der Waals surface area (Å²) in [4.78, 5) is 0. The molecule has 1 saturated carbocycles. The van der Waals surface area contributed by atoms with E-state index in [0.717, 1.165) is 0 Å². The summed E-state index contributed by atoms with van der Waals surface area (Å²) in [5, 5.41) is 3.81. The first-order chi connectivity index (χ1) is 8.46. The first kappa shape index (κ1) is 13.6. The highest BCUT2D eigenvalue weighted by atomic mass is 14.9. The standard InChI is InChI=1S/C17H27N/c1-13-7-9-15(10-8-13)14(2)18-16-6-5-11-17(3,4)12-16/h7-10,14,16,18H,5-6,11-12H2,1-4H3/t14-,16?/m1/s1. The summed E-state index contributed by atoms with van der Waals surface area (Å²) in [6.07, 6.45) is 5.39. The summed E-state index contributed by atoms with van der Waals surface area (Å²) in [7, 11) is 0. The molecule has 1 aliphatic rings. The summed E-state index contributed by atoms with van der Waals surface area (Å²) in [6.45, 7) is 9.23. The Kier molecular flexibility index (Phi) is 4.11. The number of benzene rings is 1. The van der Waals surface area contributed by atoms with Crippen molar-refractivity contribution in [1.29, 1.82) is 0 Å². The maximum atomic E-state index is 3.81. The molecule has 1 fully saturated rings. The van der Waals surface area contributed by atoms with Crippen molar-refractivity contribution in [3.63, 3.8) is 0 Å². The minimum atomic E-state index is 0.462. The van der Waals surface area contributed by atoms with E-state index in [0.29, 0.717) is 17.5 Å². The van der Waals surface area contributed by atoms with Crippen LogP contribution in [0.25, 0.3) is 0 Å². The molecule has 1 aromatic rings. The lowest BCUT2D eigenvalue weighted by Crippen LogP contribution is -2.38. The Labute approximate surface area is 112 Å². The molecule has 1 unspecified atom stereocenters. The van der Waals surface area contributed by atoms with Crippen molar-refractivity contribution in [3.05, 3.63) is 35.4 Å². The molecule has 0 heterocycles. The fraction of sp³-hybridized carbons (Fsp3) is 0.647. The molecule has 18 heavy (non-hydrogen) atoms. The van der Waals surface area contributed by atoms with E-state index in [-0.39, 0.29) is 0 Å².